The molecule has 0 rings (SSSR count). The summed E-state index contributed by atoms with van der Waals surface area (Å²) in [7, 11) is 0. The molecule has 0 saturated heterocycles. The first kappa shape index (κ1) is 30.7. The number of aliphatic hydroxyl groups is 1. The highest BCUT2D eigenvalue weighted by Crippen LogP contribution is 2.16. The van der Waals surface area contributed by atoms with E-state index in [9.17, 15) is 0 Å². The summed E-state index contributed by atoms with van der Waals surface area (Å²) in [6, 6.07) is 0. The molecule has 31 heavy (non-hydrogen) atoms. The standard InChI is InChI=1S/C30H60O/c1-2-3-4-5-6-7-8-9-10-11-12-13-14-15-16-17-18-19-20-21-22-23-24-25-26-27-28-29-30-31/h2,31H,1,3-30H2. The molecule has 0 aromatic heterocycles. The first-order valence-electron chi connectivity index (χ1n) is 14.6. The molecule has 0 aliphatic carbocycles. The van der Waals surface area contributed by atoms with Gasteiger partial charge in [-0.1, -0.05) is 160 Å². The molecular weight excluding hydrogens is 376 g/mol. The van der Waals surface area contributed by atoms with E-state index in [1.165, 1.54) is 167 Å². The molecule has 0 unspecified atom stereocenters. The quantitative estimate of drug-likeness (QED) is 0.0954. The first-order chi connectivity index (χ1) is 15.4. The van der Waals surface area contributed by atoms with Gasteiger partial charge in [-0.3, -0.25) is 0 Å². The summed E-state index contributed by atoms with van der Waals surface area (Å²) < 4.78 is 0. The summed E-state index contributed by atoms with van der Waals surface area (Å²) in [6.45, 7) is 4.16. The van der Waals surface area contributed by atoms with Crippen LogP contribution in [0.5, 0.6) is 0 Å². The van der Waals surface area contributed by atoms with E-state index in [-0.39, 0.29) is 0 Å². The van der Waals surface area contributed by atoms with E-state index in [0.717, 1.165) is 6.42 Å². The van der Waals surface area contributed by atoms with E-state index in [0.29, 0.717) is 6.61 Å². The molecule has 0 radical (unpaired) electrons. The highest BCUT2D eigenvalue weighted by atomic mass is 16.2. The molecule has 0 bridgehead atoms. The number of hydrogen-bond donors (Lipinski definition) is 1. The van der Waals surface area contributed by atoms with Crippen molar-refractivity contribution in [3.63, 3.8) is 0 Å². The summed E-state index contributed by atoms with van der Waals surface area (Å²) in [4.78, 5) is 0. The van der Waals surface area contributed by atoms with Gasteiger partial charge in [-0.05, 0) is 19.3 Å². The second-order valence-corrected chi connectivity index (χ2v) is 9.99. The van der Waals surface area contributed by atoms with Gasteiger partial charge in [0.05, 0.1) is 0 Å². The summed E-state index contributed by atoms with van der Waals surface area (Å²) in [5.74, 6) is 0. The van der Waals surface area contributed by atoms with Gasteiger partial charge in [0.25, 0.3) is 0 Å². The van der Waals surface area contributed by atoms with Crippen molar-refractivity contribution in [2.75, 3.05) is 6.61 Å². The van der Waals surface area contributed by atoms with Crippen LogP contribution in [0.3, 0.4) is 0 Å². The summed E-state index contributed by atoms with van der Waals surface area (Å²) in [6.07, 6.45) is 40.1. The number of allylic oxidation sites excluding steroid dienone is 1. The topological polar surface area (TPSA) is 20.2 Å². The smallest absolute Gasteiger partial charge is 0.0431 e. The van der Waals surface area contributed by atoms with Gasteiger partial charge in [0.2, 0.25) is 0 Å². The summed E-state index contributed by atoms with van der Waals surface area (Å²) in [5.41, 5.74) is 0. The van der Waals surface area contributed by atoms with Crippen LogP contribution in [0.25, 0.3) is 0 Å². The van der Waals surface area contributed by atoms with E-state index < -0.39 is 0 Å². The molecule has 0 aliphatic rings. The highest BCUT2D eigenvalue weighted by Gasteiger charge is 1.96. The molecule has 0 spiro atoms. The van der Waals surface area contributed by atoms with Crippen molar-refractivity contribution < 1.29 is 5.11 Å². The van der Waals surface area contributed by atoms with Gasteiger partial charge < -0.3 is 5.11 Å². The minimum absolute atomic E-state index is 0.373. The van der Waals surface area contributed by atoms with Crippen LogP contribution in [0.1, 0.15) is 173 Å². The fourth-order valence-electron chi connectivity index (χ4n) is 4.64. The zero-order valence-electron chi connectivity index (χ0n) is 21.5. The third-order valence-electron chi connectivity index (χ3n) is 6.82. The molecule has 0 amide bonds. The monoisotopic (exact) mass is 436 g/mol. The maximum atomic E-state index is 8.76. The van der Waals surface area contributed by atoms with E-state index >= 15 is 0 Å². The Morgan fingerprint density at radius 2 is 0.516 bits per heavy atom. The highest BCUT2D eigenvalue weighted by molar-refractivity contribution is 4.65. The largest absolute Gasteiger partial charge is 0.396 e. The van der Waals surface area contributed by atoms with Crippen molar-refractivity contribution in [1.82, 2.24) is 0 Å². The van der Waals surface area contributed by atoms with E-state index in [1.807, 2.05) is 0 Å². The Labute approximate surface area is 197 Å². The van der Waals surface area contributed by atoms with Crippen molar-refractivity contribution >= 4 is 0 Å². The molecule has 0 heterocycles. The van der Waals surface area contributed by atoms with Crippen molar-refractivity contribution in [2.45, 2.75) is 173 Å². The molecule has 1 heteroatoms. The Morgan fingerprint density at radius 1 is 0.323 bits per heavy atom. The van der Waals surface area contributed by atoms with Crippen molar-refractivity contribution in [2.24, 2.45) is 0 Å². The SMILES string of the molecule is C=CCCCCCCCCCCCCCCCCCCCCCCCCCCCCO. The normalized spacial score (nSPS) is 11.3. The van der Waals surface area contributed by atoms with Crippen LogP contribution in [0.15, 0.2) is 12.7 Å². The average Bonchev–Trinajstić information content (AvgIpc) is 2.78. The lowest BCUT2D eigenvalue weighted by Crippen LogP contribution is -1.85. The van der Waals surface area contributed by atoms with Gasteiger partial charge in [-0.15, -0.1) is 6.58 Å². The lowest BCUT2D eigenvalue weighted by molar-refractivity contribution is 0.282. The van der Waals surface area contributed by atoms with Crippen LogP contribution in [0.4, 0.5) is 0 Å². The van der Waals surface area contributed by atoms with Gasteiger partial charge in [-0.2, -0.15) is 0 Å². The van der Waals surface area contributed by atoms with Crippen LogP contribution >= 0.6 is 0 Å². The second-order valence-electron chi connectivity index (χ2n) is 9.99. The summed E-state index contributed by atoms with van der Waals surface area (Å²) in [5, 5.41) is 8.76. The average molecular weight is 437 g/mol. The molecule has 1 N–H and O–H groups in total. The third kappa shape index (κ3) is 29.7. The zero-order chi connectivity index (χ0) is 22.5. The van der Waals surface area contributed by atoms with Crippen LogP contribution in [0, 0.1) is 0 Å². The minimum Gasteiger partial charge on any atom is -0.396 e. The van der Waals surface area contributed by atoms with Crippen molar-refractivity contribution in [1.29, 1.82) is 0 Å². The predicted octanol–water partition coefficient (Wildman–Crippen LogP) is 10.7. The zero-order valence-corrected chi connectivity index (χ0v) is 21.5. The summed E-state index contributed by atoms with van der Waals surface area (Å²) >= 11 is 0. The van der Waals surface area contributed by atoms with E-state index in [1.54, 1.807) is 0 Å². The lowest BCUT2D eigenvalue weighted by atomic mass is 10.0. The Morgan fingerprint density at radius 3 is 0.710 bits per heavy atom. The number of hydrogen-bond acceptors (Lipinski definition) is 1. The molecule has 1 nitrogen and oxygen atoms in total. The van der Waals surface area contributed by atoms with Crippen molar-refractivity contribution in [3.05, 3.63) is 12.7 Å². The molecule has 0 fully saturated rings. The molecule has 186 valence electrons. The molecule has 0 aromatic rings. The minimum atomic E-state index is 0.373. The Balaban J connectivity index is 2.98. The van der Waals surface area contributed by atoms with Gasteiger partial charge in [0, 0.05) is 6.61 Å². The molecule has 0 atom stereocenters. The molecule has 0 saturated carbocycles. The number of aliphatic hydroxyl groups excluding tert-OH is 1. The Hall–Kier alpha value is -0.300. The Kier molecular flexibility index (Phi) is 29.4. The third-order valence-corrected chi connectivity index (χ3v) is 6.82. The Bertz CT molecular complexity index is 312. The van der Waals surface area contributed by atoms with E-state index in [4.69, 9.17) is 5.11 Å². The number of rotatable bonds is 28. The van der Waals surface area contributed by atoms with Gasteiger partial charge >= 0.3 is 0 Å². The molecular formula is C30H60O. The van der Waals surface area contributed by atoms with Gasteiger partial charge in [-0.25, -0.2) is 0 Å². The van der Waals surface area contributed by atoms with Gasteiger partial charge in [0.1, 0.15) is 0 Å². The molecule has 0 aromatic carbocycles. The van der Waals surface area contributed by atoms with E-state index in [2.05, 4.69) is 12.7 Å². The lowest BCUT2D eigenvalue weighted by Gasteiger charge is -2.04. The molecule has 0 aliphatic heterocycles. The van der Waals surface area contributed by atoms with Crippen LogP contribution in [-0.4, -0.2) is 11.7 Å². The fourth-order valence-corrected chi connectivity index (χ4v) is 4.64. The maximum absolute atomic E-state index is 8.76. The first-order valence-corrected chi connectivity index (χ1v) is 14.6. The fraction of sp³-hybridized carbons (Fsp3) is 0.933. The van der Waals surface area contributed by atoms with Crippen molar-refractivity contribution in [3.8, 4) is 0 Å². The van der Waals surface area contributed by atoms with Crippen LogP contribution < -0.4 is 0 Å². The second kappa shape index (κ2) is 29.7. The maximum Gasteiger partial charge on any atom is 0.0431 e. The predicted molar refractivity (Wildman–Crippen MR) is 142 cm³/mol. The van der Waals surface area contributed by atoms with Crippen LogP contribution in [-0.2, 0) is 0 Å². The van der Waals surface area contributed by atoms with Gasteiger partial charge in [0.15, 0.2) is 0 Å². The number of unbranched alkanes of at least 4 members (excludes halogenated alkanes) is 26. The van der Waals surface area contributed by atoms with Crippen LogP contribution in [0.2, 0.25) is 0 Å².